The molecule has 0 spiro atoms. The maximum absolute atomic E-state index is 12.7. The minimum Gasteiger partial charge on any atom is -0.301 e. The number of nitrogens with zero attached hydrogens (tertiary/aromatic N) is 3. The second-order valence-electron chi connectivity index (χ2n) is 7.11. The van der Waals surface area contributed by atoms with Crippen LogP contribution in [0.2, 0.25) is 0 Å². The maximum atomic E-state index is 12.7. The fourth-order valence-electron chi connectivity index (χ4n) is 3.59. The van der Waals surface area contributed by atoms with E-state index in [9.17, 15) is 13.2 Å². The summed E-state index contributed by atoms with van der Waals surface area (Å²) in [4.78, 5) is 20.7. The number of aryl methyl sites for hydroxylation is 1. The molecule has 0 unspecified atom stereocenters. The highest BCUT2D eigenvalue weighted by Gasteiger charge is 2.25. The summed E-state index contributed by atoms with van der Waals surface area (Å²) in [6, 6.07) is 5.20. The van der Waals surface area contributed by atoms with Gasteiger partial charge < -0.3 is 4.90 Å². The van der Waals surface area contributed by atoms with Crippen LogP contribution in [0.1, 0.15) is 32.9 Å². The first-order valence-corrected chi connectivity index (χ1v) is 11.6. The van der Waals surface area contributed by atoms with E-state index in [0.717, 1.165) is 43.6 Å². The van der Waals surface area contributed by atoms with Gasteiger partial charge in [0.15, 0.2) is 5.13 Å². The Hall–Kier alpha value is -1.97. The van der Waals surface area contributed by atoms with Crippen LogP contribution in [0.15, 0.2) is 18.2 Å². The molecular weight excluding hydrogens is 384 g/mol. The summed E-state index contributed by atoms with van der Waals surface area (Å²) in [6.07, 6.45) is 3.63. The highest BCUT2D eigenvalue weighted by atomic mass is 32.2. The fraction of sp³-hybridized carbons (Fsp3) is 0.444. The molecule has 2 aliphatic heterocycles. The highest BCUT2D eigenvalue weighted by molar-refractivity contribution is 7.92. The van der Waals surface area contributed by atoms with Gasteiger partial charge in [-0.15, -0.1) is 11.3 Å². The van der Waals surface area contributed by atoms with Crippen LogP contribution >= 0.6 is 11.3 Å². The molecule has 2 aromatic rings. The predicted octanol–water partition coefficient (Wildman–Crippen LogP) is 2.10. The Morgan fingerprint density at radius 1 is 1.26 bits per heavy atom. The van der Waals surface area contributed by atoms with Crippen LogP contribution in [0.3, 0.4) is 0 Å². The number of sulfonamides is 1. The van der Waals surface area contributed by atoms with Gasteiger partial charge >= 0.3 is 0 Å². The van der Waals surface area contributed by atoms with E-state index in [-0.39, 0.29) is 5.91 Å². The summed E-state index contributed by atoms with van der Waals surface area (Å²) in [7, 11) is -1.23. The third kappa shape index (κ3) is 3.71. The molecule has 0 radical (unpaired) electrons. The number of hydrogen-bond acceptors (Lipinski definition) is 6. The van der Waals surface area contributed by atoms with Gasteiger partial charge in [-0.2, -0.15) is 0 Å². The molecule has 4 rings (SSSR count). The van der Waals surface area contributed by atoms with E-state index in [1.807, 2.05) is 0 Å². The Morgan fingerprint density at radius 3 is 2.85 bits per heavy atom. The Balaban J connectivity index is 1.55. The molecule has 0 fully saturated rings. The van der Waals surface area contributed by atoms with E-state index in [4.69, 9.17) is 0 Å². The van der Waals surface area contributed by atoms with Crippen LogP contribution in [0.5, 0.6) is 0 Å². The Morgan fingerprint density at radius 2 is 2.07 bits per heavy atom. The van der Waals surface area contributed by atoms with Gasteiger partial charge in [-0.25, -0.2) is 13.4 Å². The molecule has 9 heteroatoms. The number of likely N-dealkylation sites (N-methyl/N-ethyl adjacent to an activating group) is 1. The van der Waals surface area contributed by atoms with Gasteiger partial charge in [-0.3, -0.25) is 14.4 Å². The molecule has 0 bridgehead atoms. The Kier molecular flexibility index (Phi) is 4.69. The maximum Gasteiger partial charge on any atom is 0.257 e. The van der Waals surface area contributed by atoms with E-state index in [1.165, 1.54) is 26.8 Å². The Labute approximate surface area is 163 Å². The normalized spacial score (nSPS) is 17.3. The topological polar surface area (TPSA) is 82.6 Å². The zero-order valence-corrected chi connectivity index (χ0v) is 17.0. The van der Waals surface area contributed by atoms with Crippen LogP contribution in [-0.2, 0) is 29.4 Å². The number of thiazole rings is 1. The minimum absolute atomic E-state index is 0.214. The van der Waals surface area contributed by atoms with Crippen molar-refractivity contribution in [3.8, 4) is 0 Å². The molecule has 0 saturated heterocycles. The van der Waals surface area contributed by atoms with E-state index < -0.39 is 10.0 Å². The number of amides is 1. The van der Waals surface area contributed by atoms with E-state index in [2.05, 4.69) is 22.2 Å². The zero-order valence-electron chi connectivity index (χ0n) is 15.4. The number of benzene rings is 1. The van der Waals surface area contributed by atoms with Crippen molar-refractivity contribution in [3.05, 3.63) is 39.9 Å². The average Bonchev–Trinajstić information content (AvgIpc) is 3.01. The molecular formula is C18H22N4O3S2. The molecule has 0 atom stereocenters. The number of aromatic nitrogens is 1. The summed E-state index contributed by atoms with van der Waals surface area (Å²) in [5.74, 6) is -0.214. The molecule has 0 aliphatic carbocycles. The molecule has 27 heavy (non-hydrogen) atoms. The quantitative estimate of drug-likeness (QED) is 0.844. The summed E-state index contributed by atoms with van der Waals surface area (Å²) >= 11 is 1.52. The zero-order chi connectivity index (χ0) is 19.2. The third-order valence-corrected chi connectivity index (χ3v) is 7.14. The number of carbonyl (C=O) groups excluding carboxylic acids is 1. The van der Waals surface area contributed by atoms with Crippen molar-refractivity contribution in [2.75, 3.05) is 36.0 Å². The largest absolute Gasteiger partial charge is 0.301 e. The number of fused-ring (bicyclic) bond motifs is 2. The highest BCUT2D eigenvalue weighted by Crippen LogP contribution is 2.31. The molecule has 1 aromatic carbocycles. The smallest absolute Gasteiger partial charge is 0.257 e. The van der Waals surface area contributed by atoms with Crippen LogP contribution in [-0.4, -0.2) is 50.6 Å². The molecule has 7 nitrogen and oxygen atoms in total. The van der Waals surface area contributed by atoms with Crippen molar-refractivity contribution < 1.29 is 13.2 Å². The van der Waals surface area contributed by atoms with Gasteiger partial charge in [-0.05, 0) is 43.7 Å². The van der Waals surface area contributed by atoms with Crippen molar-refractivity contribution in [2.45, 2.75) is 25.8 Å². The monoisotopic (exact) mass is 406 g/mol. The van der Waals surface area contributed by atoms with Crippen LogP contribution in [0.4, 0.5) is 10.8 Å². The molecule has 0 saturated carbocycles. The molecule has 1 aromatic heterocycles. The third-order valence-electron chi connectivity index (χ3n) is 4.96. The van der Waals surface area contributed by atoms with E-state index >= 15 is 0 Å². The number of rotatable bonds is 3. The van der Waals surface area contributed by atoms with Crippen molar-refractivity contribution in [3.63, 3.8) is 0 Å². The summed E-state index contributed by atoms with van der Waals surface area (Å²) < 4.78 is 25.3. The first kappa shape index (κ1) is 18.4. The van der Waals surface area contributed by atoms with Crippen molar-refractivity contribution in [1.29, 1.82) is 0 Å². The lowest BCUT2D eigenvalue weighted by atomic mass is 10.0. The number of carbonyl (C=O) groups is 1. The van der Waals surface area contributed by atoms with Crippen molar-refractivity contribution >= 4 is 38.1 Å². The van der Waals surface area contributed by atoms with Gasteiger partial charge in [0, 0.05) is 36.5 Å². The van der Waals surface area contributed by atoms with Gasteiger partial charge in [0.2, 0.25) is 10.0 Å². The van der Waals surface area contributed by atoms with Gasteiger partial charge in [0.25, 0.3) is 5.91 Å². The van der Waals surface area contributed by atoms with Crippen LogP contribution in [0.25, 0.3) is 0 Å². The lowest BCUT2D eigenvalue weighted by molar-refractivity contribution is 0.102. The van der Waals surface area contributed by atoms with Crippen molar-refractivity contribution in [2.24, 2.45) is 0 Å². The lowest BCUT2D eigenvalue weighted by Crippen LogP contribution is -2.34. The molecule has 144 valence electrons. The second kappa shape index (κ2) is 6.88. The molecule has 1 N–H and O–H groups in total. The molecule has 3 heterocycles. The number of anilines is 2. The first-order chi connectivity index (χ1) is 12.8. The van der Waals surface area contributed by atoms with E-state index in [0.29, 0.717) is 22.9 Å². The predicted molar refractivity (Wildman–Crippen MR) is 107 cm³/mol. The molecule has 1 amide bonds. The SMILES string of the molecule is CN1CCc2nc(NC(=O)c3ccc4c(c3)CCCN4S(C)(=O)=O)sc2C1. The molecule has 2 aliphatic rings. The van der Waals surface area contributed by atoms with Gasteiger partial charge in [0.05, 0.1) is 17.6 Å². The van der Waals surface area contributed by atoms with E-state index in [1.54, 1.807) is 18.2 Å². The number of hydrogen-bond donors (Lipinski definition) is 1. The van der Waals surface area contributed by atoms with Gasteiger partial charge in [-0.1, -0.05) is 0 Å². The number of nitrogens with one attached hydrogen (secondary N) is 1. The van der Waals surface area contributed by atoms with Crippen LogP contribution in [0, 0.1) is 0 Å². The Bertz CT molecular complexity index is 1000. The second-order valence-corrected chi connectivity index (χ2v) is 10.1. The summed E-state index contributed by atoms with van der Waals surface area (Å²) in [5, 5.41) is 3.52. The van der Waals surface area contributed by atoms with Gasteiger partial charge in [0.1, 0.15) is 0 Å². The summed E-state index contributed by atoms with van der Waals surface area (Å²) in [6.45, 7) is 2.32. The van der Waals surface area contributed by atoms with Crippen LogP contribution < -0.4 is 9.62 Å². The minimum atomic E-state index is -3.31. The fourth-order valence-corrected chi connectivity index (χ4v) is 5.67. The first-order valence-electron chi connectivity index (χ1n) is 8.90. The standard InChI is InChI=1S/C18H22N4O3S2/c1-21-9-7-14-16(11-21)26-18(19-14)20-17(23)13-5-6-15-12(10-13)4-3-8-22(15)27(2,24)25/h5-6,10H,3-4,7-9,11H2,1-2H3,(H,19,20,23). The van der Waals surface area contributed by atoms with Crippen molar-refractivity contribution in [1.82, 2.24) is 9.88 Å². The average molecular weight is 407 g/mol. The lowest BCUT2D eigenvalue weighted by Gasteiger charge is -2.29. The summed E-state index contributed by atoms with van der Waals surface area (Å²) in [5.41, 5.74) is 3.16.